The molecule has 0 radical (unpaired) electrons. The summed E-state index contributed by atoms with van der Waals surface area (Å²) >= 11 is 0. The fourth-order valence-electron chi connectivity index (χ4n) is 1.48. The number of hydrogen-bond donors (Lipinski definition) is 1. The van der Waals surface area contributed by atoms with Crippen molar-refractivity contribution in [3.8, 4) is 0 Å². The van der Waals surface area contributed by atoms with E-state index in [9.17, 15) is 9.59 Å². The lowest BCUT2D eigenvalue weighted by Crippen LogP contribution is -2.30. The predicted molar refractivity (Wildman–Crippen MR) is 68.8 cm³/mol. The van der Waals surface area contributed by atoms with Gasteiger partial charge < -0.3 is 15.4 Å². The highest BCUT2D eigenvalue weighted by Gasteiger charge is 2.12. The molecule has 0 bridgehead atoms. The zero-order valence-corrected chi connectivity index (χ0v) is 10.7. The van der Waals surface area contributed by atoms with Crippen LogP contribution in [0.4, 0.5) is 5.69 Å². The monoisotopic (exact) mass is 250 g/mol. The third-order valence-electron chi connectivity index (χ3n) is 2.70. The quantitative estimate of drug-likeness (QED) is 0.620. The van der Waals surface area contributed by atoms with Gasteiger partial charge in [-0.2, -0.15) is 0 Å². The van der Waals surface area contributed by atoms with Crippen molar-refractivity contribution in [2.75, 3.05) is 26.4 Å². The standard InChI is InChI=1S/C13H18N2O3/c1-15(8-7-13(17)18-2)12(16)9-10-5-3-4-6-11(10)14/h3-6H,7-9,14H2,1-2H3. The lowest BCUT2D eigenvalue weighted by Gasteiger charge is -2.17. The van der Waals surface area contributed by atoms with Crippen LogP contribution >= 0.6 is 0 Å². The molecule has 5 heteroatoms. The molecule has 1 aromatic rings. The van der Waals surface area contributed by atoms with Crippen LogP contribution in [0.25, 0.3) is 0 Å². The molecular formula is C13H18N2O3. The van der Waals surface area contributed by atoms with Gasteiger partial charge in [0.1, 0.15) is 0 Å². The number of nitrogens with two attached hydrogens (primary N) is 1. The van der Waals surface area contributed by atoms with Gasteiger partial charge in [0, 0.05) is 19.3 Å². The number of amides is 1. The Balaban J connectivity index is 2.50. The van der Waals surface area contributed by atoms with Gasteiger partial charge in [-0.1, -0.05) is 18.2 Å². The third-order valence-corrected chi connectivity index (χ3v) is 2.70. The van der Waals surface area contributed by atoms with Gasteiger partial charge in [-0.15, -0.1) is 0 Å². The van der Waals surface area contributed by atoms with Gasteiger partial charge in [-0.3, -0.25) is 9.59 Å². The largest absolute Gasteiger partial charge is 0.469 e. The summed E-state index contributed by atoms with van der Waals surface area (Å²) in [5.74, 6) is -0.398. The second kappa shape index (κ2) is 6.64. The highest BCUT2D eigenvalue weighted by molar-refractivity contribution is 5.80. The maximum atomic E-state index is 11.9. The van der Waals surface area contributed by atoms with E-state index in [1.807, 2.05) is 18.2 Å². The molecule has 98 valence electrons. The molecule has 5 nitrogen and oxygen atoms in total. The Kier molecular flexibility index (Phi) is 5.17. The van der Waals surface area contributed by atoms with Crippen molar-refractivity contribution in [2.24, 2.45) is 0 Å². The Morgan fingerprint density at radius 2 is 2.00 bits per heavy atom. The Morgan fingerprint density at radius 3 is 2.61 bits per heavy atom. The number of rotatable bonds is 5. The van der Waals surface area contributed by atoms with Crippen molar-refractivity contribution < 1.29 is 14.3 Å². The smallest absolute Gasteiger partial charge is 0.307 e. The number of nitrogen functional groups attached to an aromatic ring is 1. The lowest BCUT2D eigenvalue weighted by molar-refractivity contribution is -0.141. The third kappa shape index (κ3) is 4.08. The van der Waals surface area contributed by atoms with Crippen molar-refractivity contribution in [1.29, 1.82) is 0 Å². The van der Waals surface area contributed by atoms with Crippen LogP contribution < -0.4 is 5.73 Å². The Morgan fingerprint density at radius 1 is 1.33 bits per heavy atom. The highest BCUT2D eigenvalue weighted by atomic mass is 16.5. The summed E-state index contributed by atoms with van der Waals surface area (Å²) in [4.78, 5) is 24.4. The first-order chi connectivity index (χ1) is 8.54. The molecule has 18 heavy (non-hydrogen) atoms. The van der Waals surface area contributed by atoms with Gasteiger partial charge in [0.2, 0.25) is 5.91 Å². The number of carbonyl (C=O) groups excluding carboxylic acids is 2. The van der Waals surface area contributed by atoms with Crippen LogP contribution in [0, 0.1) is 0 Å². The first-order valence-electron chi connectivity index (χ1n) is 5.68. The fraction of sp³-hybridized carbons (Fsp3) is 0.385. The molecule has 1 rings (SSSR count). The molecule has 0 aromatic heterocycles. The number of nitrogens with zero attached hydrogens (tertiary/aromatic N) is 1. The molecule has 0 aliphatic carbocycles. The predicted octanol–water partition coefficient (Wildman–Crippen LogP) is 0.833. The first-order valence-corrected chi connectivity index (χ1v) is 5.68. The molecule has 0 spiro atoms. The van der Waals surface area contributed by atoms with Crippen LogP contribution in [-0.4, -0.2) is 37.5 Å². The molecule has 2 N–H and O–H groups in total. The van der Waals surface area contributed by atoms with E-state index in [-0.39, 0.29) is 24.7 Å². The molecule has 0 saturated heterocycles. The van der Waals surface area contributed by atoms with Crippen LogP contribution in [0.2, 0.25) is 0 Å². The average Bonchev–Trinajstić information content (AvgIpc) is 2.38. The molecule has 0 unspecified atom stereocenters. The summed E-state index contributed by atoms with van der Waals surface area (Å²) in [7, 11) is 2.99. The van der Waals surface area contributed by atoms with Crippen LogP contribution in [-0.2, 0) is 20.7 Å². The molecule has 1 aromatic carbocycles. The number of methoxy groups -OCH3 is 1. The number of anilines is 1. The second-order valence-electron chi connectivity index (χ2n) is 4.02. The van der Waals surface area contributed by atoms with Crippen molar-refractivity contribution in [3.63, 3.8) is 0 Å². The van der Waals surface area contributed by atoms with Crippen LogP contribution in [0.1, 0.15) is 12.0 Å². The molecule has 0 fully saturated rings. The second-order valence-corrected chi connectivity index (χ2v) is 4.02. The summed E-state index contributed by atoms with van der Waals surface area (Å²) < 4.78 is 4.52. The van der Waals surface area contributed by atoms with Crippen molar-refractivity contribution in [2.45, 2.75) is 12.8 Å². The summed E-state index contributed by atoms with van der Waals surface area (Å²) in [6.07, 6.45) is 0.438. The zero-order chi connectivity index (χ0) is 13.5. The molecule has 0 aliphatic rings. The summed E-state index contributed by atoms with van der Waals surface area (Å²) in [6.45, 7) is 0.345. The van der Waals surface area contributed by atoms with E-state index in [0.29, 0.717) is 12.2 Å². The van der Waals surface area contributed by atoms with Crippen molar-refractivity contribution >= 4 is 17.6 Å². The Labute approximate surface area is 107 Å². The van der Waals surface area contributed by atoms with E-state index < -0.39 is 0 Å². The van der Waals surface area contributed by atoms with Gasteiger partial charge in [-0.05, 0) is 11.6 Å². The van der Waals surface area contributed by atoms with E-state index in [4.69, 9.17) is 5.73 Å². The van der Waals surface area contributed by atoms with Crippen LogP contribution in [0.5, 0.6) is 0 Å². The topological polar surface area (TPSA) is 72.6 Å². The molecule has 1 amide bonds. The maximum Gasteiger partial charge on any atom is 0.307 e. The zero-order valence-electron chi connectivity index (χ0n) is 10.7. The van der Waals surface area contributed by atoms with Gasteiger partial charge in [0.05, 0.1) is 20.0 Å². The fourth-order valence-corrected chi connectivity index (χ4v) is 1.48. The van der Waals surface area contributed by atoms with E-state index >= 15 is 0 Å². The SMILES string of the molecule is COC(=O)CCN(C)C(=O)Cc1ccccc1N. The Bertz CT molecular complexity index is 432. The van der Waals surface area contributed by atoms with Crippen LogP contribution in [0.3, 0.4) is 0 Å². The Hall–Kier alpha value is -2.04. The number of hydrogen-bond acceptors (Lipinski definition) is 4. The molecule has 0 atom stereocenters. The minimum Gasteiger partial charge on any atom is -0.469 e. The average molecular weight is 250 g/mol. The van der Waals surface area contributed by atoms with Gasteiger partial charge in [-0.25, -0.2) is 0 Å². The number of para-hydroxylation sites is 1. The minimum absolute atomic E-state index is 0.0724. The summed E-state index contributed by atoms with van der Waals surface area (Å²) in [5.41, 5.74) is 7.17. The van der Waals surface area contributed by atoms with Gasteiger partial charge in [0.25, 0.3) is 0 Å². The van der Waals surface area contributed by atoms with E-state index in [2.05, 4.69) is 4.74 Å². The van der Waals surface area contributed by atoms with Gasteiger partial charge in [0.15, 0.2) is 0 Å². The molecule has 0 saturated carbocycles. The molecular weight excluding hydrogens is 232 g/mol. The number of esters is 1. The highest BCUT2D eigenvalue weighted by Crippen LogP contribution is 2.12. The van der Waals surface area contributed by atoms with E-state index in [1.165, 1.54) is 12.0 Å². The first kappa shape index (κ1) is 14.0. The van der Waals surface area contributed by atoms with Crippen molar-refractivity contribution in [3.05, 3.63) is 29.8 Å². The normalized spacial score (nSPS) is 9.89. The summed E-state index contributed by atoms with van der Waals surface area (Å²) in [5, 5.41) is 0. The minimum atomic E-state index is -0.325. The number of ether oxygens (including phenoxy) is 1. The summed E-state index contributed by atoms with van der Waals surface area (Å²) in [6, 6.07) is 7.25. The van der Waals surface area contributed by atoms with E-state index in [0.717, 1.165) is 5.56 Å². The van der Waals surface area contributed by atoms with Crippen molar-refractivity contribution in [1.82, 2.24) is 4.90 Å². The number of carbonyl (C=O) groups is 2. The maximum absolute atomic E-state index is 11.9. The number of likely N-dealkylation sites (N-methyl/N-ethyl adjacent to an activating group) is 1. The number of benzene rings is 1. The van der Waals surface area contributed by atoms with E-state index in [1.54, 1.807) is 13.1 Å². The van der Waals surface area contributed by atoms with Gasteiger partial charge >= 0.3 is 5.97 Å². The molecule has 0 heterocycles. The molecule has 0 aliphatic heterocycles. The van der Waals surface area contributed by atoms with Crippen LogP contribution in [0.15, 0.2) is 24.3 Å². The lowest BCUT2D eigenvalue weighted by atomic mass is 10.1.